The minimum atomic E-state index is -1.63. The Hall–Kier alpha value is -1.36. The van der Waals surface area contributed by atoms with Crippen molar-refractivity contribution < 1.29 is 64.7 Å². The van der Waals surface area contributed by atoms with E-state index in [1.165, 1.54) is 7.11 Å². The predicted octanol–water partition coefficient (Wildman–Crippen LogP) is -6.23. The molecular formula is C17H30MgO13. The van der Waals surface area contributed by atoms with Gasteiger partial charge in [0.05, 0.1) is 70.8 Å². The van der Waals surface area contributed by atoms with Crippen LogP contribution >= 0.6 is 0 Å². The van der Waals surface area contributed by atoms with Crippen LogP contribution in [0.3, 0.4) is 0 Å². The van der Waals surface area contributed by atoms with Crippen LogP contribution in [0.1, 0.15) is 6.42 Å². The summed E-state index contributed by atoms with van der Waals surface area (Å²) < 4.78 is 9.29. The van der Waals surface area contributed by atoms with Crippen LogP contribution < -0.4 is 10.2 Å². The Morgan fingerprint density at radius 2 is 1.10 bits per heavy atom. The van der Waals surface area contributed by atoms with Crippen molar-refractivity contribution in [2.24, 2.45) is 10.8 Å². The largest absolute Gasteiger partial charge is 2.00 e. The maximum Gasteiger partial charge on any atom is 2.00 e. The molecule has 0 aromatic carbocycles. The molecule has 0 aliphatic rings. The molecule has 0 aromatic rings. The summed E-state index contributed by atoms with van der Waals surface area (Å²) in [5, 5.41) is 72.7. The van der Waals surface area contributed by atoms with Crippen molar-refractivity contribution in [3.8, 4) is 0 Å². The Morgan fingerprint density at radius 1 is 0.806 bits per heavy atom. The van der Waals surface area contributed by atoms with Gasteiger partial charge in [-0.2, -0.15) is 0 Å². The Bertz CT molecular complexity index is 442. The smallest absolute Gasteiger partial charge is 0.550 e. The van der Waals surface area contributed by atoms with E-state index >= 15 is 0 Å². The Kier molecular flexibility index (Phi) is 26.1. The van der Waals surface area contributed by atoms with E-state index in [0.717, 1.165) is 6.08 Å². The molecule has 0 unspecified atom stereocenters. The van der Waals surface area contributed by atoms with E-state index in [4.69, 9.17) is 35.4 Å². The number of carbonyl (C=O) groups excluding carboxylic acids is 3. The van der Waals surface area contributed by atoms with Gasteiger partial charge >= 0.3 is 29.0 Å². The van der Waals surface area contributed by atoms with E-state index < -0.39 is 74.8 Å². The molecule has 6 N–H and O–H groups in total. The van der Waals surface area contributed by atoms with E-state index in [9.17, 15) is 24.6 Å². The first-order chi connectivity index (χ1) is 14.0. The van der Waals surface area contributed by atoms with Gasteiger partial charge in [-0.15, -0.1) is 0 Å². The summed E-state index contributed by atoms with van der Waals surface area (Å²) in [5.41, 5.74) is -2.32. The van der Waals surface area contributed by atoms with Gasteiger partial charge in [0.2, 0.25) is 0 Å². The zero-order chi connectivity index (χ0) is 24.2. The average Bonchev–Trinajstić information content (AvgIpc) is 2.74. The van der Waals surface area contributed by atoms with Gasteiger partial charge < -0.3 is 59.9 Å². The van der Waals surface area contributed by atoms with Crippen molar-refractivity contribution in [2.45, 2.75) is 6.42 Å². The number of esters is 1. The van der Waals surface area contributed by atoms with Gasteiger partial charge in [-0.25, -0.2) is 4.79 Å². The molecule has 0 atom stereocenters. The number of methoxy groups -OCH3 is 1. The van der Waals surface area contributed by atoms with Gasteiger partial charge in [-0.05, 0) is 0 Å². The number of carboxylic acids is 2. The van der Waals surface area contributed by atoms with E-state index in [1.54, 1.807) is 0 Å². The number of ether oxygens (including phenoxy) is 2. The summed E-state index contributed by atoms with van der Waals surface area (Å²) >= 11 is 0. The van der Waals surface area contributed by atoms with E-state index in [1.807, 2.05) is 0 Å². The molecule has 0 amide bonds. The minimum absolute atomic E-state index is 0. The number of aliphatic hydroxyl groups is 6. The number of rotatable bonds is 13. The second kappa shape index (κ2) is 21.9. The van der Waals surface area contributed by atoms with Crippen molar-refractivity contribution in [1.29, 1.82) is 0 Å². The van der Waals surface area contributed by atoms with Gasteiger partial charge in [-0.3, -0.25) is 0 Å². The van der Waals surface area contributed by atoms with E-state index in [-0.39, 0.29) is 36.3 Å². The summed E-state index contributed by atoms with van der Waals surface area (Å²) in [6.07, 6.45) is 0.0833. The molecule has 0 rings (SSSR count). The molecule has 13 nitrogen and oxygen atoms in total. The van der Waals surface area contributed by atoms with Crippen molar-refractivity contribution >= 4 is 41.0 Å². The summed E-state index contributed by atoms with van der Waals surface area (Å²) in [5.74, 6) is -3.64. The Balaban J connectivity index is -0.000000215. The predicted molar refractivity (Wildman–Crippen MR) is 101 cm³/mol. The second-order valence-corrected chi connectivity index (χ2v) is 6.09. The molecule has 0 aliphatic carbocycles. The monoisotopic (exact) mass is 466 g/mol. The van der Waals surface area contributed by atoms with Gasteiger partial charge in [-0.1, -0.05) is 6.58 Å². The van der Waals surface area contributed by atoms with Gasteiger partial charge in [0.25, 0.3) is 0 Å². The van der Waals surface area contributed by atoms with Crippen LogP contribution in [0, 0.1) is 10.8 Å². The molecule has 0 radical (unpaired) electrons. The molecule has 0 fully saturated rings. The van der Waals surface area contributed by atoms with E-state index in [0.29, 0.717) is 0 Å². The molecule has 0 bridgehead atoms. The number of carboxylic acid groups (broad SMARTS) is 2. The fourth-order valence-corrected chi connectivity index (χ4v) is 1.26. The topological polar surface area (TPSA) is 237 Å². The standard InChI is InChI=1S/C10H22O7.C4H6O2.C3H4O4.Mg/c11-1-9(2-12,3-13)7-17-8-10(4-14,5-15)6-16;1-3-4(5)6-2;4-2(5)1-3(6)7;/h11-16H,1-8H2;3H,1H2,2H3;1H2,(H,4,5)(H,6,7);/q;;;+2/p-2. The Morgan fingerprint density at radius 3 is 1.19 bits per heavy atom. The molecule has 0 heterocycles. The third-order valence-electron chi connectivity index (χ3n) is 3.49. The molecular weight excluding hydrogens is 436 g/mol. The molecule has 31 heavy (non-hydrogen) atoms. The normalized spacial score (nSPS) is 10.3. The molecule has 14 heteroatoms. The van der Waals surface area contributed by atoms with Crippen LogP contribution in [0.15, 0.2) is 12.7 Å². The number of aliphatic carboxylic acids is 2. The van der Waals surface area contributed by atoms with Crippen LogP contribution in [0.5, 0.6) is 0 Å². The molecule has 0 aliphatic heterocycles. The quantitative estimate of drug-likeness (QED) is 0.0641. The van der Waals surface area contributed by atoms with Crippen LogP contribution in [-0.2, 0) is 23.9 Å². The van der Waals surface area contributed by atoms with Crippen LogP contribution in [-0.4, -0.2) is 132 Å². The van der Waals surface area contributed by atoms with Crippen molar-refractivity contribution in [2.75, 3.05) is 60.0 Å². The number of carbonyl (C=O) groups is 3. The number of hydrogen-bond donors (Lipinski definition) is 6. The third kappa shape index (κ3) is 19.1. The molecule has 178 valence electrons. The third-order valence-corrected chi connectivity index (χ3v) is 3.49. The van der Waals surface area contributed by atoms with Crippen LogP contribution in [0.2, 0.25) is 0 Å². The maximum absolute atomic E-state index is 9.84. The molecule has 0 aromatic heterocycles. The Labute approximate surface area is 195 Å². The summed E-state index contributed by atoms with van der Waals surface area (Å²) in [4.78, 5) is 28.4. The number of hydrogen-bond acceptors (Lipinski definition) is 13. The summed E-state index contributed by atoms with van der Waals surface area (Å²) in [6.45, 7) is 0.152. The first kappa shape index (κ1) is 37.0. The summed E-state index contributed by atoms with van der Waals surface area (Å²) in [6, 6.07) is 0. The van der Waals surface area contributed by atoms with E-state index in [2.05, 4.69) is 11.3 Å². The average molecular weight is 467 g/mol. The fourth-order valence-electron chi connectivity index (χ4n) is 1.26. The van der Waals surface area contributed by atoms with Crippen LogP contribution in [0.25, 0.3) is 0 Å². The summed E-state index contributed by atoms with van der Waals surface area (Å²) in [7, 11) is 1.31. The zero-order valence-electron chi connectivity index (χ0n) is 17.4. The SMILES string of the molecule is C=CC(=O)OC.O=C([O-])CC(=O)[O-].OCC(CO)(CO)COCC(CO)(CO)CO.[Mg+2]. The fraction of sp³-hybridized carbons (Fsp3) is 0.706. The molecule has 0 spiro atoms. The van der Waals surface area contributed by atoms with Gasteiger partial charge in [0.1, 0.15) is 0 Å². The van der Waals surface area contributed by atoms with Crippen molar-refractivity contribution in [3.63, 3.8) is 0 Å². The second-order valence-electron chi connectivity index (χ2n) is 6.09. The first-order valence-corrected chi connectivity index (χ1v) is 8.34. The van der Waals surface area contributed by atoms with Crippen molar-refractivity contribution in [1.82, 2.24) is 0 Å². The zero-order valence-corrected chi connectivity index (χ0v) is 18.8. The van der Waals surface area contributed by atoms with Gasteiger partial charge in [0, 0.05) is 24.4 Å². The molecule has 0 saturated heterocycles. The van der Waals surface area contributed by atoms with Gasteiger partial charge in [0.15, 0.2) is 0 Å². The van der Waals surface area contributed by atoms with Crippen LogP contribution in [0.4, 0.5) is 0 Å². The minimum Gasteiger partial charge on any atom is -0.550 e. The van der Waals surface area contributed by atoms with Crippen molar-refractivity contribution in [3.05, 3.63) is 12.7 Å². The first-order valence-electron chi connectivity index (χ1n) is 8.34. The number of aliphatic hydroxyl groups excluding tert-OH is 6. The molecule has 0 saturated carbocycles. The maximum atomic E-state index is 9.84.